The molecule has 0 atom stereocenters. The van der Waals surface area contributed by atoms with Gasteiger partial charge in [-0.25, -0.2) is 8.42 Å². The fourth-order valence-corrected chi connectivity index (χ4v) is 4.17. The maximum atomic E-state index is 11.2. The summed E-state index contributed by atoms with van der Waals surface area (Å²) in [6.45, 7) is 4.20. The van der Waals surface area contributed by atoms with Crippen LogP contribution in [-0.4, -0.2) is 50.8 Å². The van der Waals surface area contributed by atoms with Crippen LogP contribution in [-0.2, 0) is 9.84 Å². The van der Waals surface area contributed by atoms with Gasteiger partial charge in [0.1, 0.15) is 9.84 Å². The third kappa shape index (κ3) is 9.14. The summed E-state index contributed by atoms with van der Waals surface area (Å²) in [5.41, 5.74) is 0. The van der Waals surface area contributed by atoms with Crippen LogP contribution in [0.1, 0.15) is 26.2 Å². The first-order valence-electron chi connectivity index (χ1n) is 8.36. The Labute approximate surface area is 172 Å². The predicted molar refractivity (Wildman–Crippen MR) is 118 cm³/mol. The number of thioether (sulfide) groups is 1. The molecule has 2 rings (SSSR count). The normalized spacial score (nSPS) is 16.0. The van der Waals surface area contributed by atoms with Crippen molar-refractivity contribution in [3.8, 4) is 0 Å². The predicted octanol–water partition coefficient (Wildman–Crippen LogP) is 2.92. The Balaban J connectivity index is 0.00000312. The molecule has 1 aliphatic rings. The van der Waals surface area contributed by atoms with E-state index in [0.717, 1.165) is 19.0 Å². The Kier molecular flexibility index (Phi) is 9.58. The largest absolute Gasteiger partial charge is 0.357 e. The zero-order valence-electron chi connectivity index (χ0n) is 14.8. The molecule has 1 aliphatic carbocycles. The van der Waals surface area contributed by atoms with Crippen molar-refractivity contribution in [1.29, 1.82) is 0 Å². The van der Waals surface area contributed by atoms with Gasteiger partial charge in [0.15, 0.2) is 5.96 Å². The highest BCUT2D eigenvalue weighted by molar-refractivity contribution is 14.0. The maximum Gasteiger partial charge on any atom is 0.191 e. The highest BCUT2D eigenvalue weighted by Gasteiger charge is 2.43. The second-order valence-corrected chi connectivity index (χ2v) is 10.0. The van der Waals surface area contributed by atoms with Gasteiger partial charge in [-0.15, -0.1) is 35.7 Å². The van der Waals surface area contributed by atoms with Gasteiger partial charge in [0, 0.05) is 29.0 Å². The Morgan fingerprint density at radius 1 is 1.24 bits per heavy atom. The molecule has 142 valence electrons. The van der Waals surface area contributed by atoms with Gasteiger partial charge < -0.3 is 10.6 Å². The van der Waals surface area contributed by atoms with Crippen molar-refractivity contribution in [1.82, 2.24) is 10.6 Å². The second-order valence-electron chi connectivity index (χ2n) is 6.20. The van der Waals surface area contributed by atoms with Crippen LogP contribution in [0.4, 0.5) is 0 Å². The summed E-state index contributed by atoms with van der Waals surface area (Å²) in [5.74, 6) is 0.971. The van der Waals surface area contributed by atoms with E-state index >= 15 is 0 Å². The number of hydrogen-bond donors (Lipinski definition) is 2. The van der Waals surface area contributed by atoms with Crippen molar-refractivity contribution in [3.05, 3.63) is 30.3 Å². The van der Waals surface area contributed by atoms with Crippen LogP contribution in [0.25, 0.3) is 0 Å². The van der Waals surface area contributed by atoms with E-state index in [4.69, 9.17) is 4.99 Å². The number of nitrogens with one attached hydrogen (secondary N) is 2. The Morgan fingerprint density at radius 3 is 2.48 bits per heavy atom. The van der Waals surface area contributed by atoms with E-state index in [2.05, 4.69) is 34.9 Å². The number of hydrogen-bond acceptors (Lipinski definition) is 4. The smallest absolute Gasteiger partial charge is 0.191 e. The minimum atomic E-state index is -2.90. The third-order valence-corrected chi connectivity index (χ3v) is 6.25. The first kappa shape index (κ1) is 22.6. The summed E-state index contributed by atoms with van der Waals surface area (Å²) in [5, 5.41) is 6.45. The van der Waals surface area contributed by atoms with E-state index in [9.17, 15) is 8.42 Å². The standard InChI is InChI=1S/C17H27N3O2S2.HI/c1-3-18-16(19-12-7-13-24(2,21)22)20-14-17(10-11-17)23-15-8-5-4-6-9-15;/h4-6,8-9H,3,7,10-14H2,1-2H3,(H2,18,19,20);1H. The lowest BCUT2D eigenvalue weighted by atomic mass is 10.4. The summed E-state index contributed by atoms with van der Waals surface area (Å²) >= 11 is 1.91. The summed E-state index contributed by atoms with van der Waals surface area (Å²) < 4.78 is 22.5. The van der Waals surface area contributed by atoms with Gasteiger partial charge in [-0.3, -0.25) is 4.99 Å². The van der Waals surface area contributed by atoms with Crippen LogP contribution in [0.3, 0.4) is 0 Å². The lowest BCUT2D eigenvalue weighted by Gasteiger charge is -2.15. The summed E-state index contributed by atoms with van der Waals surface area (Å²) in [7, 11) is -2.90. The quantitative estimate of drug-likeness (QED) is 0.238. The van der Waals surface area contributed by atoms with Crippen LogP contribution < -0.4 is 10.6 Å². The molecule has 0 heterocycles. The first-order chi connectivity index (χ1) is 11.4. The SMILES string of the molecule is CCNC(=NCC1(Sc2ccccc2)CC1)NCCCS(C)(=O)=O.I. The molecule has 0 bridgehead atoms. The lowest BCUT2D eigenvalue weighted by molar-refractivity contribution is 0.598. The molecule has 1 aromatic rings. The van der Waals surface area contributed by atoms with Crippen LogP contribution in [0.5, 0.6) is 0 Å². The molecule has 0 amide bonds. The first-order valence-corrected chi connectivity index (χ1v) is 11.2. The molecule has 0 unspecified atom stereocenters. The van der Waals surface area contributed by atoms with Gasteiger partial charge in [-0.2, -0.15) is 0 Å². The number of guanidine groups is 1. The van der Waals surface area contributed by atoms with E-state index < -0.39 is 9.84 Å². The van der Waals surface area contributed by atoms with Gasteiger partial charge in [0.2, 0.25) is 0 Å². The van der Waals surface area contributed by atoms with Gasteiger partial charge in [0.25, 0.3) is 0 Å². The highest BCUT2D eigenvalue weighted by Crippen LogP contribution is 2.51. The van der Waals surface area contributed by atoms with Crippen molar-refractivity contribution >= 4 is 51.5 Å². The van der Waals surface area contributed by atoms with Gasteiger partial charge in [-0.05, 0) is 38.3 Å². The molecule has 0 aliphatic heterocycles. The van der Waals surface area contributed by atoms with Crippen LogP contribution in [0.15, 0.2) is 40.2 Å². The molecule has 0 aromatic heterocycles. The third-order valence-electron chi connectivity index (χ3n) is 3.74. The van der Waals surface area contributed by atoms with E-state index in [-0.39, 0.29) is 34.5 Å². The number of aliphatic imine (C=N–C) groups is 1. The number of rotatable bonds is 9. The van der Waals surface area contributed by atoms with E-state index in [0.29, 0.717) is 13.0 Å². The minimum absolute atomic E-state index is 0. The average molecular weight is 497 g/mol. The summed E-state index contributed by atoms with van der Waals surface area (Å²) in [6.07, 6.45) is 4.23. The fraction of sp³-hybridized carbons (Fsp3) is 0.588. The summed E-state index contributed by atoms with van der Waals surface area (Å²) in [4.78, 5) is 5.99. The molecule has 0 radical (unpaired) electrons. The van der Waals surface area contributed by atoms with Gasteiger partial charge >= 0.3 is 0 Å². The molecule has 1 aromatic carbocycles. The number of benzene rings is 1. The molecule has 8 heteroatoms. The zero-order chi connectivity index (χ0) is 17.5. The van der Waals surface area contributed by atoms with E-state index in [1.807, 2.05) is 24.8 Å². The molecule has 1 saturated carbocycles. The number of sulfone groups is 1. The molecule has 0 spiro atoms. The molecular weight excluding hydrogens is 469 g/mol. The van der Waals surface area contributed by atoms with Crippen molar-refractivity contribution < 1.29 is 8.42 Å². The zero-order valence-corrected chi connectivity index (χ0v) is 18.8. The van der Waals surface area contributed by atoms with Crippen LogP contribution in [0, 0.1) is 0 Å². The Morgan fingerprint density at radius 2 is 1.92 bits per heavy atom. The van der Waals surface area contributed by atoms with Gasteiger partial charge in [-0.1, -0.05) is 18.2 Å². The number of halogens is 1. The van der Waals surface area contributed by atoms with Crippen molar-refractivity contribution in [3.63, 3.8) is 0 Å². The summed E-state index contributed by atoms with van der Waals surface area (Å²) in [6, 6.07) is 10.4. The van der Waals surface area contributed by atoms with Crippen molar-refractivity contribution in [2.75, 3.05) is 31.6 Å². The molecule has 0 saturated heterocycles. The second kappa shape index (κ2) is 10.6. The maximum absolute atomic E-state index is 11.2. The fourth-order valence-electron chi connectivity index (χ4n) is 2.28. The van der Waals surface area contributed by atoms with Crippen molar-refractivity contribution in [2.45, 2.75) is 35.8 Å². The molecule has 5 nitrogen and oxygen atoms in total. The molecule has 25 heavy (non-hydrogen) atoms. The average Bonchev–Trinajstić information content (AvgIpc) is 3.29. The van der Waals surface area contributed by atoms with Crippen LogP contribution >= 0.6 is 35.7 Å². The molecular formula is C17H28IN3O2S2. The van der Waals surface area contributed by atoms with E-state index in [1.54, 1.807) is 0 Å². The van der Waals surface area contributed by atoms with E-state index in [1.165, 1.54) is 24.0 Å². The highest BCUT2D eigenvalue weighted by atomic mass is 127. The van der Waals surface area contributed by atoms with Gasteiger partial charge in [0.05, 0.1) is 12.3 Å². The monoisotopic (exact) mass is 497 g/mol. The Bertz CT molecular complexity index is 647. The topological polar surface area (TPSA) is 70.6 Å². The Hall–Kier alpha value is -0.480. The molecule has 2 N–H and O–H groups in total. The molecule has 1 fully saturated rings. The van der Waals surface area contributed by atoms with Crippen molar-refractivity contribution in [2.24, 2.45) is 4.99 Å². The number of nitrogens with zero attached hydrogens (tertiary/aromatic N) is 1. The van der Waals surface area contributed by atoms with Crippen LogP contribution in [0.2, 0.25) is 0 Å². The minimum Gasteiger partial charge on any atom is -0.357 e. The lowest BCUT2D eigenvalue weighted by Crippen LogP contribution is -2.38.